The zero-order valence-corrected chi connectivity index (χ0v) is 7.91. The Hall–Kier alpha value is -1.06. The highest BCUT2D eigenvalue weighted by molar-refractivity contribution is 6.28. The van der Waals surface area contributed by atoms with Crippen LogP contribution in [0.15, 0.2) is 0 Å². The second-order valence-corrected chi connectivity index (χ2v) is 2.86. The molecule has 0 aromatic carbocycles. The van der Waals surface area contributed by atoms with Crippen molar-refractivity contribution in [2.45, 2.75) is 39.0 Å². The summed E-state index contributed by atoms with van der Waals surface area (Å²) in [6, 6.07) is 0. The van der Waals surface area contributed by atoms with Gasteiger partial charge in [-0.15, -0.1) is 0 Å². The van der Waals surface area contributed by atoms with Crippen LogP contribution in [0.25, 0.3) is 0 Å². The number of carboxylic acids is 1. The molecule has 0 unspecified atom stereocenters. The Morgan fingerprint density at radius 3 is 2.31 bits per heavy atom. The Kier molecular flexibility index (Phi) is 6.96. The minimum atomic E-state index is -1.52. The summed E-state index contributed by atoms with van der Waals surface area (Å²) in [5.41, 5.74) is 0. The molecular weight excluding hydrogens is 172 g/mol. The predicted octanol–water partition coefficient (Wildman–Crippen LogP) is 1.58. The van der Waals surface area contributed by atoms with Gasteiger partial charge < -0.3 is 9.84 Å². The molecular formula is C9H16O4. The maximum absolute atomic E-state index is 10.4. The van der Waals surface area contributed by atoms with Crippen LogP contribution in [0.5, 0.6) is 0 Å². The lowest BCUT2D eigenvalue weighted by Gasteiger charge is -2.00. The highest BCUT2D eigenvalue weighted by atomic mass is 16.6. The Morgan fingerprint density at radius 2 is 1.77 bits per heavy atom. The summed E-state index contributed by atoms with van der Waals surface area (Å²) in [5.74, 6) is -2.68. The SMILES string of the molecule is CCCCCCCOC(=O)C(=O)O. The minimum Gasteiger partial charge on any atom is -0.473 e. The number of aliphatic carboxylic acids is 1. The zero-order chi connectivity index (χ0) is 10.1. The van der Waals surface area contributed by atoms with Crippen molar-refractivity contribution in [1.29, 1.82) is 0 Å². The molecule has 0 spiro atoms. The number of carbonyl (C=O) groups excluding carboxylic acids is 1. The van der Waals surface area contributed by atoms with E-state index in [4.69, 9.17) is 5.11 Å². The molecule has 0 amide bonds. The van der Waals surface area contributed by atoms with E-state index in [-0.39, 0.29) is 6.61 Å². The third kappa shape index (κ3) is 7.31. The average Bonchev–Trinajstić information content (AvgIpc) is 2.10. The van der Waals surface area contributed by atoms with E-state index in [2.05, 4.69) is 11.7 Å². The van der Waals surface area contributed by atoms with Crippen LogP contribution < -0.4 is 0 Å². The molecule has 4 nitrogen and oxygen atoms in total. The lowest BCUT2D eigenvalue weighted by Crippen LogP contribution is -2.16. The first-order chi connectivity index (χ1) is 6.18. The van der Waals surface area contributed by atoms with E-state index in [9.17, 15) is 9.59 Å². The van der Waals surface area contributed by atoms with Crippen molar-refractivity contribution in [2.24, 2.45) is 0 Å². The van der Waals surface area contributed by atoms with Gasteiger partial charge in [-0.3, -0.25) is 0 Å². The number of rotatable bonds is 6. The van der Waals surface area contributed by atoms with Crippen LogP contribution in [0, 0.1) is 0 Å². The van der Waals surface area contributed by atoms with Gasteiger partial charge in [-0.1, -0.05) is 32.6 Å². The Bertz CT molecular complexity index is 165. The van der Waals surface area contributed by atoms with Gasteiger partial charge in [-0.05, 0) is 6.42 Å². The molecule has 0 heterocycles. The van der Waals surface area contributed by atoms with Crippen molar-refractivity contribution in [3.05, 3.63) is 0 Å². The van der Waals surface area contributed by atoms with E-state index < -0.39 is 11.9 Å². The van der Waals surface area contributed by atoms with Crippen LogP contribution in [0.2, 0.25) is 0 Å². The van der Waals surface area contributed by atoms with Gasteiger partial charge in [-0.2, -0.15) is 0 Å². The molecule has 0 saturated heterocycles. The second-order valence-electron chi connectivity index (χ2n) is 2.86. The van der Waals surface area contributed by atoms with Gasteiger partial charge in [0, 0.05) is 0 Å². The number of unbranched alkanes of at least 4 members (excludes halogenated alkanes) is 4. The highest BCUT2D eigenvalue weighted by Crippen LogP contribution is 2.02. The summed E-state index contributed by atoms with van der Waals surface area (Å²) in [4.78, 5) is 20.4. The number of carbonyl (C=O) groups is 2. The van der Waals surface area contributed by atoms with Gasteiger partial charge in [0.1, 0.15) is 0 Å². The monoisotopic (exact) mass is 188 g/mol. The van der Waals surface area contributed by atoms with Gasteiger partial charge in [0.25, 0.3) is 0 Å². The normalized spacial score (nSPS) is 9.62. The van der Waals surface area contributed by atoms with E-state index in [0.717, 1.165) is 25.7 Å². The van der Waals surface area contributed by atoms with Gasteiger partial charge in [0.15, 0.2) is 0 Å². The number of carboxylic acid groups (broad SMARTS) is 1. The molecule has 76 valence electrons. The Balaban J connectivity index is 3.16. The summed E-state index contributed by atoms with van der Waals surface area (Å²) in [5, 5.41) is 8.15. The maximum atomic E-state index is 10.4. The average molecular weight is 188 g/mol. The Morgan fingerprint density at radius 1 is 1.15 bits per heavy atom. The number of esters is 1. The molecule has 0 rings (SSSR count). The third-order valence-corrected chi connectivity index (χ3v) is 1.66. The number of hydrogen-bond donors (Lipinski definition) is 1. The fourth-order valence-electron chi connectivity index (χ4n) is 0.932. The predicted molar refractivity (Wildman–Crippen MR) is 47.4 cm³/mol. The van der Waals surface area contributed by atoms with Gasteiger partial charge >= 0.3 is 11.9 Å². The summed E-state index contributed by atoms with van der Waals surface area (Å²) < 4.78 is 4.45. The van der Waals surface area contributed by atoms with Gasteiger partial charge in [0.05, 0.1) is 6.61 Å². The molecule has 4 heteroatoms. The molecule has 0 atom stereocenters. The Labute approximate surface area is 77.9 Å². The molecule has 1 N–H and O–H groups in total. The van der Waals surface area contributed by atoms with Crippen LogP contribution in [-0.4, -0.2) is 23.7 Å². The standard InChI is InChI=1S/C9H16O4/c1-2-3-4-5-6-7-13-9(12)8(10)11/h2-7H2,1H3,(H,10,11). The quantitative estimate of drug-likeness (QED) is 0.390. The number of ether oxygens (including phenoxy) is 1. The van der Waals surface area contributed by atoms with E-state index >= 15 is 0 Å². The van der Waals surface area contributed by atoms with Crippen LogP contribution >= 0.6 is 0 Å². The number of hydrogen-bond acceptors (Lipinski definition) is 3. The molecule has 0 radical (unpaired) electrons. The van der Waals surface area contributed by atoms with Crippen molar-refractivity contribution < 1.29 is 19.4 Å². The highest BCUT2D eigenvalue weighted by Gasteiger charge is 2.11. The van der Waals surface area contributed by atoms with Crippen LogP contribution in [0.4, 0.5) is 0 Å². The van der Waals surface area contributed by atoms with Gasteiger partial charge in [0.2, 0.25) is 0 Å². The zero-order valence-electron chi connectivity index (χ0n) is 7.91. The molecule has 0 aromatic rings. The van der Waals surface area contributed by atoms with E-state index in [1.807, 2.05) is 0 Å². The molecule has 0 aliphatic carbocycles. The fraction of sp³-hybridized carbons (Fsp3) is 0.778. The molecule has 0 aliphatic rings. The lowest BCUT2D eigenvalue weighted by atomic mass is 10.2. The van der Waals surface area contributed by atoms with Crippen molar-refractivity contribution in [3.63, 3.8) is 0 Å². The molecule has 0 aromatic heterocycles. The first kappa shape index (κ1) is 11.9. The fourth-order valence-corrected chi connectivity index (χ4v) is 0.932. The smallest absolute Gasteiger partial charge is 0.417 e. The summed E-state index contributed by atoms with van der Waals surface area (Å²) in [6.07, 6.45) is 5.18. The first-order valence-corrected chi connectivity index (χ1v) is 4.58. The van der Waals surface area contributed by atoms with Crippen LogP contribution in [0.3, 0.4) is 0 Å². The van der Waals surface area contributed by atoms with Crippen molar-refractivity contribution >= 4 is 11.9 Å². The van der Waals surface area contributed by atoms with E-state index in [1.54, 1.807) is 0 Å². The minimum absolute atomic E-state index is 0.217. The van der Waals surface area contributed by atoms with Crippen LogP contribution in [0.1, 0.15) is 39.0 Å². The first-order valence-electron chi connectivity index (χ1n) is 4.58. The van der Waals surface area contributed by atoms with Crippen molar-refractivity contribution in [3.8, 4) is 0 Å². The van der Waals surface area contributed by atoms with Crippen molar-refractivity contribution in [2.75, 3.05) is 6.61 Å². The van der Waals surface area contributed by atoms with Gasteiger partial charge in [-0.25, -0.2) is 9.59 Å². The van der Waals surface area contributed by atoms with Crippen LogP contribution in [-0.2, 0) is 14.3 Å². The molecule has 0 fully saturated rings. The summed E-state index contributed by atoms with van der Waals surface area (Å²) >= 11 is 0. The van der Waals surface area contributed by atoms with E-state index in [0.29, 0.717) is 0 Å². The largest absolute Gasteiger partial charge is 0.473 e. The second kappa shape index (κ2) is 7.58. The lowest BCUT2D eigenvalue weighted by molar-refractivity contribution is -0.163. The molecule has 0 bridgehead atoms. The topological polar surface area (TPSA) is 63.6 Å². The maximum Gasteiger partial charge on any atom is 0.417 e. The summed E-state index contributed by atoms with van der Waals surface area (Å²) in [6.45, 7) is 2.33. The molecule has 0 saturated carbocycles. The molecule has 13 heavy (non-hydrogen) atoms. The van der Waals surface area contributed by atoms with E-state index in [1.165, 1.54) is 6.42 Å². The third-order valence-electron chi connectivity index (χ3n) is 1.66. The summed E-state index contributed by atoms with van der Waals surface area (Å²) in [7, 11) is 0. The molecule has 0 aliphatic heterocycles. The van der Waals surface area contributed by atoms with Crippen molar-refractivity contribution in [1.82, 2.24) is 0 Å².